The average Bonchev–Trinajstić information content (AvgIpc) is 2.49. The van der Waals surface area contributed by atoms with E-state index in [2.05, 4.69) is 11.1 Å². The molecule has 0 saturated carbocycles. The van der Waals surface area contributed by atoms with Gasteiger partial charge in [-0.2, -0.15) is 0 Å². The van der Waals surface area contributed by atoms with Crippen LogP contribution >= 0.6 is 11.6 Å². The van der Waals surface area contributed by atoms with E-state index >= 15 is 0 Å². The van der Waals surface area contributed by atoms with Crippen LogP contribution in [0.3, 0.4) is 0 Å². The van der Waals surface area contributed by atoms with E-state index in [1.54, 1.807) is 0 Å². The molecule has 1 N–H and O–H groups in total. The summed E-state index contributed by atoms with van der Waals surface area (Å²) < 4.78 is 0. The minimum atomic E-state index is -0.427. The van der Waals surface area contributed by atoms with Crippen molar-refractivity contribution in [2.45, 2.75) is 37.7 Å². The molecule has 1 aliphatic carbocycles. The highest BCUT2D eigenvalue weighted by molar-refractivity contribution is 6.31. The van der Waals surface area contributed by atoms with Gasteiger partial charge in [-0.15, -0.1) is 0 Å². The van der Waals surface area contributed by atoms with Crippen LogP contribution in [-0.2, 0) is 12.8 Å². The molecule has 0 fully saturated rings. The molecule has 0 spiro atoms. The first-order chi connectivity index (χ1) is 9.75. The van der Waals surface area contributed by atoms with Crippen LogP contribution in [-0.4, -0.2) is 16.2 Å². The number of hydrogen-bond donors (Lipinski definition) is 1. The molecule has 20 heavy (non-hydrogen) atoms. The van der Waals surface area contributed by atoms with Crippen molar-refractivity contribution in [2.24, 2.45) is 0 Å². The molecule has 3 heteroatoms. The van der Waals surface area contributed by atoms with E-state index in [1.165, 1.54) is 5.56 Å². The number of rotatable bonds is 3. The van der Waals surface area contributed by atoms with Crippen LogP contribution in [0.4, 0.5) is 0 Å². The molecular formula is C17H18ClNO. The standard InChI is InChI=1S/C17H18ClNO/c18-15-9-2-1-5-13(15)11-16(20)14-8-3-6-12-7-4-10-19-17(12)14/h1-2,4-5,7,9-10,14,16,20H,3,6,8,11H2. The lowest BCUT2D eigenvalue weighted by Gasteiger charge is -2.28. The summed E-state index contributed by atoms with van der Waals surface area (Å²) in [7, 11) is 0. The molecule has 0 saturated heterocycles. The third-order valence-corrected chi connectivity index (χ3v) is 4.46. The molecule has 2 aromatic rings. The smallest absolute Gasteiger partial charge is 0.0664 e. The van der Waals surface area contributed by atoms with Crippen LogP contribution in [0, 0.1) is 0 Å². The molecule has 1 aromatic heterocycles. The summed E-state index contributed by atoms with van der Waals surface area (Å²) >= 11 is 6.18. The van der Waals surface area contributed by atoms with Gasteiger partial charge in [-0.1, -0.05) is 35.9 Å². The highest BCUT2D eigenvalue weighted by atomic mass is 35.5. The number of aryl methyl sites for hydroxylation is 1. The summed E-state index contributed by atoms with van der Waals surface area (Å²) in [6.45, 7) is 0. The maximum absolute atomic E-state index is 10.6. The third-order valence-electron chi connectivity index (χ3n) is 4.09. The van der Waals surface area contributed by atoms with E-state index in [0.29, 0.717) is 6.42 Å². The lowest BCUT2D eigenvalue weighted by Crippen LogP contribution is -2.26. The minimum Gasteiger partial charge on any atom is -0.392 e. The maximum Gasteiger partial charge on any atom is 0.0664 e. The largest absolute Gasteiger partial charge is 0.392 e. The zero-order valence-corrected chi connectivity index (χ0v) is 12.1. The number of fused-ring (bicyclic) bond motifs is 1. The molecule has 0 amide bonds. The maximum atomic E-state index is 10.6. The van der Waals surface area contributed by atoms with Crippen molar-refractivity contribution in [1.82, 2.24) is 4.98 Å². The lowest BCUT2D eigenvalue weighted by atomic mass is 9.81. The topological polar surface area (TPSA) is 33.1 Å². The Balaban J connectivity index is 1.82. The van der Waals surface area contributed by atoms with E-state index < -0.39 is 6.10 Å². The van der Waals surface area contributed by atoms with E-state index in [0.717, 1.165) is 35.5 Å². The van der Waals surface area contributed by atoms with E-state index in [-0.39, 0.29) is 5.92 Å². The second kappa shape index (κ2) is 5.94. The van der Waals surface area contributed by atoms with Crippen LogP contribution in [0.15, 0.2) is 42.6 Å². The fraction of sp³-hybridized carbons (Fsp3) is 0.353. The predicted molar refractivity (Wildman–Crippen MR) is 81.1 cm³/mol. The number of halogens is 1. The zero-order valence-electron chi connectivity index (χ0n) is 11.3. The van der Waals surface area contributed by atoms with Crippen molar-refractivity contribution in [1.29, 1.82) is 0 Å². The van der Waals surface area contributed by atoms with Crippen LogP contribution in [0.1, 0.15) is 35.6 Å². The molecule has 0 bridgehead atoms. The van der Waals surface area contributed by atoms with Crippen molar-refractivity contribution in [2.75, 3.05) is 0 Å². The Bertz CT molecular complexity index is 599. The van der Waals surface area contributed by atoms with Crippen LogP contribution in [0.2, 0.25) is 5.02 Å². The Morgan fingerprint density at radius 1 is 1.25 bits per heavy atom. The number of hydrogen-bond acceptors (Lipinski definition) is 2. The highest BCUT2D eigenvalue weighted by Gasteiger charge is 2.28. The summed E-state index contributed by atoms with van der Waals surface area (Å²) in [5.74, 6) is 0.122. The molecule has 1 aliphatic rings. The van der Waals surface area contributed by atoms with E-state index in [4.69, 9.17) is 11.6 Å². The van der Waals surface area contributed by atoms with Crippen molar-refractivity contribution in [3.8, 4) is 0 Å². The Morgan fingerprint density at radius 3 is 2.95 bits per heavy atom. The van der Waals surface area contributed by atoms with Crippen LogP contribution in [0.5, 0.6) is 0 Å². The fourth-order valence-corrected chi connectivity index (χ4v) is 3.26. The molecule has 0 aliphatic heterocycles. The van der Waals surface area contributed by atoms with Gasteiger partial charge in [0.15, 0.2) is 0 Å². The normalized spacial score (nSPS) is 19.4. The van der Waals surface area contributed by atoms with Gasteiger partial charge in [0.05, 0.1) is 6.10 Å². The molecule has 3 rings (SSSR count). The summed E-state index contributed by atoms with van der Waals surface area (Å²) in [6, 6.07) is 11.8. The van der Waals surface area contributed by atoms with E-state index in [1.807, 2.05) is 36.5 Å². The summed E-state index contributed by atoms with van der Waals surface area (Å²) in [5, 5.41) is 11.3. The predicted octanol–water partition coefficient (Wildman–Crippen LogP) is 3.76. The Kier molecular flexibility index (Phi) is 4.04. The quantitative estimate of drug-likeness (QED) is 0.932. The second-order valence-corrected chi connectivity index (χ2v) is 5.82. The number of aliphatic hydroxyl groups excluding tert-OH is 1. The van der Waals surface area contributed by atoms with Gasteiger partial charge in [-0.05, 0) is 42.5 Å². The lowest BCUT2D eigenvalue weighted by molar-refractivity contribution is 0.132. The molecule has 0 radical (unpaired) electrons. The second-order valence-electron chi connectivity index (χ2n) is 5.41. The number of aromatic nitrogens is 1. The van der Waals surface area contributed by atoms with Gasteiger partial charge in [0.2, 0.25) is 0 Å². The Hall–Kier alpha value is -1.38. The summed E-state index contributed by atoms with van der Waals surface area (Å²) in [4.78, 5) is 4.49. The van der Waals surface area contributed by atoms with Crippen LogP contribution in [0.25, 0.3) is 0 Å². The first-order valence-corrected chi connectivity index (χ1v) is 7.49. The number of aliphatic hydroxyl groups is 1. The first kappa shape index (κ1) is 13.6. The van der Waals surface area contributed by atoms with Crippen LogP contribution < -0.4 is 0 Å². The van der Waals surface area contributed by atoms with Gasteiger partial charge >= 0.3 is 0 Å². The molecule has 2 unspecified atom stereocenters. The fourth-order valence-electron chi connectivity index (χ4n) is 3.05. The van der Waals surface area contributed by atoms with Gasteiger partial charge in [0, 0.05) is 29.3 Å². The Labute approximate surface area is 124 Å². The molecule has 1 heterocycles. The van der Waals surface area contributed by atoms with Crippen molar-refractivity contribution >= 4 is 11.6 Å². The number of nitrogens with zero attached hydrogens (tertiary/aromatic N) is 1. The SMILES string of the molecule is OC(Cc1ccccc1Cl)C1CCCc2cccnc21. The monoisotopic (exact) mass is 287 g/mol. The van der Waals surface area contributed by atoms with Crippen molar-refractivity contribution < 1.29 is 5.11 Å². The molecule has 104 valence electrons. The van der Waals surface area contributed by atoms with Gasteiger partial charge in [-0.25, -0.2) is 0 Å². The molecular weight excluding hydrogens is 270 g/mol. The van der Waals surface area contributed by atoms with Crippen molar-refractivity contribution in [3.05, 3.63) is 64.4 Å². The molecule has 1 aromatic carbocycles. The number of benzene rings is 1. The van der Waals surface area contributed by atoms with Gasteiger partial charge in [-0.3, -0.25) is 4.98 Å². The highest BCUT2D eigenvalue weighted by Crippen LogP contribution is 2.34. The average molecular weight is 288 g/mol. The molecule has 2 atom stereocenters. The minimum absolute atomic E-state index is 0.122. The number of pyridine rings is 1. The Morgan fingerprint density at radius 2 is 2.10 bits per heavy atom. The van der Waals surface area contributed by atoms with Crippen molar-refractivity contribution in [3.63, 3.8) is 0 Å². The van der Waals surface area contributed by atoms with E-state index in [9.17, 15) is 5.11 Å². The first-order valence-electron chi connectivity index (χ1n) is 7.11. The summed E-state index contributed by atoms with van der Waals surface area (Å²) in [5.41, 5.74) is 3.35. The summed E-state index contributed by atoms with van der Waals surface area (Å²) in [6.07, 6.45) is 5.15. The van der Waals surface area contributed by atoms with Gasteiger partial charge < -0.3 is 5.11 Å². The van der Waals surface area contributed by atoms with Gasteiger partial charge in [0.25, 0.3) is 0 Å². The third kappa shape index (κ3) is 2.72. The van der Waals surface area contributed by atoms with Gasteiger partial charge in [0.1, 0.15) is 0 Å². The zero-order chi connectivity index (χ0) is 13.9. The molecule has 2 nitrogen and oxygen atoms in total.